The van der Waals surface area contributed by atoms with Crippen LogP contribution in [0.2, 0.25) is 0 Å². The summed E-state index contributed by atoms with van der Waals surface area (Å²) in [4.78, 5) is 15.5. The Morgan fingerprint density at radius 2 is 2.11 bits per heavy atom. The van der Waals surface area contributed by atoms with Crippen LogP contribution in [0.3, 0.4) is 0 Å². The predicted octanol–water partition coefficient (Wildman–Crippen LogP) is 2.23. The number of hydrogen-bond donors (Lipinski definition) is 0. The van der Waals surface area contributed by atoms with Crippen LogP contribution in [0.25, 0.3) is 0 Å². The van der Waals surface area contributed by atoms with Crippen molar-refractivity contribution in [3.8, 4) is 0 Å². The minimum absolute atomic E-state index is 0.305. The maximum absolute atomic E-state index is 11.8. The third-order valence-corrected chi connectivity index (χ3v) is 3.16. The van der Waals surface area contributed by atoms with E-state index in [1.165, 1.54) is 11.3 Å². The summed E-state index contributed by atoms with van der Waals surface area (Å²) < 4.78 is 5.30. The van der Waals surface area contributed by atoms with E-state index in [2.05, 4.69) is 22.0 Å². The average Bonchev–Trinajstić information content (AvgIpc) is 2.81. The van der Waals surface area contributed by atoms with Crippen LogP contribution in [-0.2, 0) is 4.74 Å². The summed E-state index contributed by atoms with van der Waals surface area (Å²) in [5.41, 5.74) is 1.24. The largest absolute Gasteiger partial charge is 0.444 e. The number of anilines is 1. The molecule has 0 unspecified atom stereocenters. The van der Waals surface area contributed by atoms with Gasteiger partial charge in [-0.15, -0.1) is 10.2 Å². The molecule has 0 atom stereocenters. The van der Waals surface area contributed by atoms with E-state index in [4.69, 9.17) is 4.74 Å². The summed E-state index contributed by atoms with van der Waals surface area (Å²) in [5, 5.41) is 8.73. The van der Waals surface area contributed by atoms with Crippen molar-refractivity contribution in [2.45, 2.75) is 33.3 Å². The molecule has 1 heterocycles. The molecule has 1 aromatic heterocycles. The lowest BCUT2D eigenvalue weighted by atomic mass is 10.2. The molecule has 108 valence electrons. The van der Waals surface area contributed by atoms with E-state index < -0.39 is 5.60 Å². The molecule has 6 nitrogen and oxygen atoms in total. The first-order chi connectivity index (χ1) is 8.83. The highest BCUT2D eigenvalue weighted by Gasteiger charge is 2.20. The summed E-state index contributed by atoms with van der Waals surface area (Å²) in [5.74, 6) is 0. The molecule has 0 saturated heterocycles. The number of hydrogen-bond acceptors (Lipinski definition) is 6. The molecule has 0 spiro atoms. The predicted molar refractivity (Wildman–Crippen MR) is 76.7 cm³/mol. The van der Waals surface area contributed by atoms with Crippen LogP contribution in [-0.4, -0.2) is 53.5 Å². The van der Waals surface area contributed by atoms with Gasteiger partial charge in [-0.1, -0.05) is 11.3 Å². The molecule has 1 aromatic rings. The van der Waals surface area contributed by atoms with Crippen LogP contribution in [0.5, 0.6) is 0 Å². The number of nitrogens with zero attached hydrogens (tertiary/aromatic N) is 4. The van der Waals surface area contributed by atoms with Gasteiger partial charge in [-0.2, -0.15) is 0 Å². The fourth-order valence-electron chi connectivity index (χ4n) is 1.40. The van der Waals surface area contributed by atoms with Crippen molar-refractivity contribution >= 4 is 22.6 Å². The van der Waals surface area contributed by atoms with E-state index in [-0.39, 0.29) is 6.09 Å². The van der Waals surface area contributed by atoms with Gasteiger partial charge < -0.3 is 14.5 Å². The first-order valence-electron chi connectivity index (χ1n) is 6.28. The zero-order chi connectivity index (χ0) is 14.5. The molecule has 0 aliphatic carbocycles. The minimum atomic E-state index is -0.463. The number of carbonyl (C=O) groups excluding carboxylic acids is 1. The lowest BCUT2D eigenvalue weighted by Crippen LogP contribution is -2.39. The Morgan fingerprint density at radius 1 is 1.42 bits per heavy atom. The Morgan fingerprint density at radius 3 is 2.58 bits per heavy atom. The van der Waals surface area contributed by atoms with Crippen molar-refractivity contribution in [1.29, 1.82) is 0 Å². The van der Waals surface area contributed by atoms with Gasteiger partial charge in [-0.25, -0.2) is 4.79 Å². The van der Waals surface area contributed by atoms with Gasteiger partial charge in [0.2, 0.25) is 5.13 Å². The van der Waals surface area contributed by atoms with Gasteiger partial charge in [0.15, 0.2) is 0 Å². The quantitative estimate of drug-likeness (QED) is 0.830. The molecule has 1 rings (SSSR count). The molecule has 0 radical (unpaired) electrons. The van der Waals surface area contributed by atoms with Crippen molar-refractivity contribution in [3.63, 3.8) is 0 Å². The molecule has 0 aliphatic heterocycles. The highest BCUT2D eigenvalue weighted by Crippen LogP contribution is 2.15. The monoisotopic (exact) mass is 286 g/mol. The first kappa shape index (κ1) is 15.7. The Bertz CT molecular complexity index is 389. The molecular formula is C12H22N4O2S. The van der Waals surface area contributed by atoms with E-state index in [0.29, 0.717) is 13.1 Å². The fourth-order valence-corrected chi connectivity index (χ4v) is 2.05. The van der Waals surface area contributed by atoms with Gasteiger partial charge in [0.05, 0.1) is 0 Å². The van der Waals surface area contributed by atoms with Gasteiger partial charge in [0.25, 0.3) is 0 Å². The molecule has 0 aromatic carbocycles. The Labute approximate surface area is 118 Å². The second kappa shape index (κ2) is 6.70. The number of ether oxygens (including phenoxy) is 1. The summed E-state index contributed by atoms with van der Waals surface area (Å²) >= 11 is 1.49. The topological polar surface area (TPSA) is 58.6 Å². The molecular weight excluding hydrogens is 264 g/mol. The molecule has 0 N–H and O–H groups in total. The average molecular weight is 286 g/mol. The number of likely N-dealkylation sites (N-methyl/N-ethyl adjacent to an activating group) is 2. The summed E-state index contributed by atoms with van der Waals surface area (Å²) in [6.45, 7) is 9.75. The fraction of sp³-hybridized carbons (Fsp3) is 0.750. The smallest absolute Gasteiger partial charge is 0.410 e. The van der Waals surface area contributed by atoms with Crippen molar-refractivity contribution in [2.24, 2.45) is 0 Å². The first-order valence-corrected chi connectivity index (χ1v) is 7.16. The number of aromatic nitrogens is 2. The summed E-state index contributed by atoms with van der Waals surface area (Å²) in [6.07, 6.45) is -0.305. The zero-order valence-corrected chi connectivity index (χ0v) is 13.0. The van der Waals surface area contributed by atoms with Gasteiger partial charge in [0, 0.05) is 26.7 Å². The van der Waals surface area contributed by atoms with Gasteiger partial charge in [-0.3, -0.25) is 0 Å². The maximum atomic E-state index is 11.8. The minimum Gasteiger partial charge on any atom is -0.444 e. The van der Waals surface area contributed by atoms with E-state index in [1.54, 1.807) is 17.5 Å². The van der Waals surface area contributed by atoms with Gasteiger partial charge in [0.1, 0.15) is 11.1 Å². The lowest BCUT2D eigenvalue weighted by molar-refractivity contribution is 0.0303. The molecule has 0 fully saturated rings. The molecule has 19 heavy (non-hydrogen) atoms. The molecule has 0 aliphatic rings. The van der Waals surface area contributed by atoms with Crippen LogP contribution in [0.1, 0.15) is 27.7 Å². The highest BCUT2D eigenvalue weighted by molar-refractivity contribution is 7.13. The number of carbonyl (C=O) groups is 1. The van der Waals surface area contributed by atoms with E-state index in [9.17, 15) is 4.79 Å². The van der Waals surface area contributed by atoms with Crippen LogP contribution >= 0.6 is 11.3 Å². The molecule has 0 saturated carbocycles. The van der Waals surface area contributed by atoms with Crippen molar-refractivity contribution in [1.82, 2.24) is 15.1 Å². The number of amides is 1. The normalized spacial score (nSPS) is 11.2. The third-order valence-electron chi connectivity index (χ3n) is 2.41. The molecule has 7 heteroatoms. The highest BCUT2D eigenvalue weighted by atomic mass is 32.1. The summed E-state index contributed by atoms with van der Waals surface area (Å²) in [6, 6.07) is 0. The van der Waals surface area contributed by atoms with E-state index in [0.717, 1.165) is 11.7 Å². The number of rotatable bonds is 5. The molecule has 0 bridgehead atoms. The van der Waals surface area contributed by atoms with Crippen molar-refractivity contribution in [2.75, 3.05) is 31.6 Å². The van der Waals surface area contributed by atoms with E-state index >= 15 is 0 Å². The van der Waals surface area contributed by atoms with Crippen LogP contribution < -0.4 is 4.90 Å². The van der Waals surface area contributed by atoms with Crippen molar-refractivity contribution < 1.29 is 9.53 Å². The summed E-state index contributed by atoms with van der Waals surface area (Å²) in [7, 11) is 1.74. The maximum Gasteiger partial charge on any atom is 0.410 e. The lowest BCUT2D eigenvalue weighted by Gasteiger charge is -2.26. The van der Waals surface area contributed by atoms with E-state index in [1.807, 2.05) is 20.8 Å². The Kier molecular flexibility index (Phi) is 5.53. The van der Waals surface area contributed by atoms with Crippen LogP contribution in [0, 0.1) is 0 Å². The second-order valence-corrected chi connectivity index (χ2v) is 6.01. The van der Waals surface area contributed by atoms with Crippen LogP contribution in [0.15, 0.2) is 5.51 Å². The third kappa shape index (κ3) is 5.42. The Balaban J connectivity index is 2.44. The van der Waals surface area contributed by atoms with Crippen molar-refractivity contribution in [3.05, 3.63) is 5.51 Å². The Hall–Kier alpha value is -1.37. The SMILES string of the molecule is CCN(CCN(C)C(=O)OC(C)(C)C)c1nncs1. The molecule has 1 amide bonds. The zero-order valence-electron chi connectivity index (χ0n) is 12.2. The van der Waals surface area contributed by atoms with Crippen LogP contribution in [0.4, 0.5) is 9.93 Å². The van der Waals surface area contributed by atoms with Gasteiger partial charge in [-0.05, 0) is 27.7 Å². The van der Waals surface area contributed by atoms with Gasteiger partial charge >= 0.3 is 6.09 Å². The standard InChI is InChI=1S/C12H22N4O2S/c1-6-16(10-14-13-9-19-10)8-7-15(5)11(17)18-12(2,3)4/h9H,6-8H2,1-5H3. The second-order valence-electron chi connectivity index (χ2n) is 5.20.